The Labute approximate surface area is 124 Å². The van der Waals surface area contributed by atoms with E-state index in [-0.39, 0.29) is 18.4 Å². The van der Waals surface area contributed by atoms with Crippen LogP contribution in [-0.4, -0.2) is 22.0 Å². The summed E-state index contributed by atoms with van der Waals surface area (Å²) in [5, 5.41) is 17.8. The van der Waals surface area contributed by atoms with Crippen molar-refractivity contribution in [3.05, 3.63) is 64.7 Å². The van der Waals surface area contributed by atoms with E-state index in [0.29, 0.717) is 5.56 Å². The number of rotatable bonds is 5. The summed E-state index contributed by atoms with van der Waals surface area (Å²) in [5.74, 6) is -5.32. The third-order valence-electron chi connectivity index (χ3n) is 3.20. The molecule has 2 aromatic rings. The molecule has 0 unspecified atom stereocenters. The maximum Gasteiger partial charge on any atom is 0.335 e. The predicted octanol–water partition coefficient (Wildman–Crippen LogP) is 3.18. The molecule has 0 aliphatic rings. The number of carbonyl (C=O) groups excluding carboxylic acids is 1. The van der Waals surface area contributed by atoms with Gasteiger partial charge in [-0.15, -0.1) is 0 Å². The molecule has 114 valence electrons. The Morgan fingerprint density at radius 1 is 0.955 bits per heavy atom. The molecule has 4 nitrogen and oxygen atoms in total. The Morgan fingerprint density at radius 3 is 2.18 bits per heavy atom. The lowest BCUT2D eigenvalue weighted by Crippen LogP contribution is -2.06. The maximum absolute atomic E-state index is 13.6. The van der Waals surface area contributed by atoms with Crippen LogP contribution in [0.5, 0.6) is 5.75 Å². The van der Waals surface area contributed by atoms with Gasteiger partial charge in [-0.2, -0.15) is 4.39 Å². The van der Waals surface area contributed by atoms with Gasteiger partial charge in [0.1, 0.15) is 0 Å². The summed E-state index contributed by atoms with van der Waals surface area (Å²) < 4.78 is 26.8. The minimum Gasteiger partial charge on any atom is -0.505 e. The van der Waals surface area contributed by atoms with E-state index in [9.17, 15) is 18.4 Å². The highest BCUT2D eigenvalue weighted by Crippen LogP contribution is 2.22. The molecule has 0 aliphatic carbocycles. The van der Waals surface area contributed by atoms with Gasteiger partial charge in [0, 0.05) is 6.42 Å². The first-order chi connectivity index (χ1) is 10.4. The molecule has 2 aromatic carbocycles. The smallest absolute Gasteiger partial charge is 0.335 e. The lowest BCUT2D eigenvalue weighted by molar-refractivity contribution is 0.0696. The Bertz CT molecular complexity index is 724. The maximum atomic E-state index is 13.6. The highest BCUT2D eigenvalue weighted by Gasteiger charge is 2.18. The van der Waals surface area contributed by atoms with Crippen LogP contribution in [0.1, 0.15) is 32.7 Å². The molecule has 22 heavy (non-hydrogen) atoms. The Balaban J connectivity index is 2.07. The van der Waals surface area contributed by atoms with Crippen molar-refractivity contribution in [2.24, 2.45) is 0 Å². The number of phenols is 1. The average Bonchev–Trinajstić information content (AvgIpc) is 2.51. The minimum atomic E-state index is -1.45. The quantitative estimate of drug-likeness (QED) is 0.832. The summed E-state index contributed by atoms with van der Waals surface area (Å²) in [6.45, 7) is 0. The third kappa shape index (κ3) is 3.28. The van der Waals surface area contributed by atoms with E-state index < -0.39 is 34.7 Å². The highest BCUT2D eigenvalue weighted by molar-refractivity contribution is 5.96. The molecule has 0 atom stereocenters. The zero-order valence-corrected chi connectivity index (χ0v) is 11.3. The number of carboxylic acid groups (broad SMARTS) is 1. The number of carboxylic acids is 1. The van der Waals surface area contributed by atoms with E-state index in [1.165, 1.54) is 12.1 Å². The van der Waals surface area contributed by atoms with Gasteiger partial charge in [0.25, 0.3) is 0 Å². The van der Waals surface area contributed by atoms with Crippen LogP contribution in [0.3, 0.4) is 0 Å². The van der Waals surface area contributed by atoms with Gasteiger partial charge >= 0.3 is 5.97 Å². The van der Waals surface area contributed by atoms with Crippen molar-refractivity contribution in [2.45, 2.75) is 12.8 Å². The summed E-state index contributed by atoms with van der Waals surface area (Å²) in [5.41, 5.74) is 0.414. The van der Waals surface area contributed by atoms with Crippen LogP contribution in [0, 0.1) is 11.6 Å². The fourth-order valence-electron chi connectivity index (χ4n) is 1.96. The molecule has 0 amide bonds. The van der Waals surface area contributed by atoms with Crippen molar-refractivity contribution in [1.82, 2.24) is 0 Å². The van der Waals surface area contributed by atoms with E-state index in [0.717, 1.165) is 12.1 Å². The van der Waals surface area contributed by atoms with Crippen LogP contribution in [0.15, 0.2) is 36.4 Å². The van der Waals surface area contributed by atoms with Gasteiger partial charge in [0.15, 0.2) is 17.3 Å². The van der Waals surface area contributed by atoms with E-state index in [2.05, 4.69) is 0 Å². The number of benzene rings is 2. The van der Waals surface area contributed by atoms with Gasteiger partial charge in [-0.3, -0.25) is 4.79 Å². The first-order valence-corrected chi connectivity index (χ1v) is 6.42. The van der Waals surface area contributed by atoms with Crippen LogP contribution in [0.4, 0.5) is 8.78 Å². The normalized spacial score (nSPS) is 10.5. The monoisotopic (exact) mass is 306 g/mol. The van der Waals surface area contributed by atoms with Gasteiger partial charge < -0.3 is 10.2 Å². The van der Waals surface area contributed by atoms with Crippen molar-refractivity contribution in [3.8, 4) is 5.75 Å². The number of phenolic OH excluding ortho intramolecular Hbond substituents is 1. The Hall–Kier alpha value is -2.76. The standard InChI is InChI=1S/C16H12F2O4/c17-14-11(6-8-13(20)15(14)18)12(19)7-3-9-1-4-10(5-2-9)16(21)22/h1-2,4-6,8,20H,3,7H2,(H,21,22). The lowest BCUT2D eigenvalue weighted by atomic mass is 10.0. The first kappa shape index (κ1) is 15.6. The van der Waals surface area contributed by atoms with E-state index in [4.69, 9.17) is 10.2 Å². The Morgan fingerprint density at radius 2 is 1.59 bits per heavy atom. The second kappa shape index (κ2) is 6.34. The minimum absolute atomic E-state index is 0.0620. The first-order valence-electron chi connectivity index (χ1n) is 6.42. The largest absolute Gasteiger partial charge is 0.505 e. The number of aryl methyl sites for hydroxylation is 1. The molecule has 2 N–H and O–H groups in total. The van der Waals surface area contributed by atoms with E-state index in [1.807, 2.05) is 0 Å². The number of hydrogen-bond acceptors (Lipinski definition) is 3. The van der Waals surface area contributed by atoms with Crippen LogP contribution >= 0.6 is 0 Å². The fraction of sp³-hybridized carbons (Fsp3) is 0.125. The molecule has 0 fully saturated rings. The number of Topliss-reactive ketones (excluding diaryl/α,β-unsaturated/α-hetero) is 1. The third-order valence-corrected chi connectivity index (χ3v) is 3.20. The van der Waals surface area contributed by atoms with Gasteiger partial charge in [-0.25, -0.2) is 9.18 Å². The van der Waals surface area contributed by atoms with Gasteiger partial charge in [0.05, 0.1) is 11.1 Å². The van der Waals surface area contributed by atoms with E-state index in [1.54, 1.807) is 12.1 Å². The number of aromatic hydroxyl groups is 1. The molecule has 0 radical (unpaired) electrons. The van der Waals surface area contributed by atoms with Gasteiger partial charge in [-0.1, -0.05) is 12.1 Å². The summed E-state index contributed by atoms with van der Waals surface area (Å²) in [6, 6.07) is 7.89. The fourth-order valence-corrected chi connectivity index (χ4v) is 1.96. The van der Waals surface area contributed by atoms with Crippen molar-refractivity contribution in [2.75, 3.05) is 0 Å². The van der Waals surface area contributed by atoms with Gasteiger partial charge in [0.2, 0.25) is 5.82 Å². The van der Waals surface area contributed by atoms with Gasteiger partial charge in [-0.05, 0) is 36.2 Å². The number of ketones is 1. The van der Waals surface area contributed by atoms with Crippen LogP contribution in [-0.2, 0) is 6.42 Å². The molecule has 0 spiro atoms. The second-order valence-corrected chi connectivity index (χ2v) is 4.69. The molecular formula is C16H12F2O4. The molecule has 2 rings (SSSR count). The highest BCUT2D eigenvalue weighted by atomic mass is 19.2. The predicted molar refractivity (Wildman–Crippen MR) is 74.1 cm³/mol. The summed E-state index contributed by atoms with van der Waals surface area (Å²) in [7, 11) is 0. The van der Waals surface area contributed by atoms with Crippen molar-refractivity contribution < 1.29 is 28.6 Å². The number of aromatic carboxylic acids is 1. The topological polar surface area (TPSA) is 74.6 Å². The summed E-state index contributed by atoms with van der Waals surface area (Å²) in [6.07, 6.45) is 0.203. The number of halogens is 2. The summed E-state index contributed by atoms with van der Waals surface area (Å²) in [4.78, 5) is 22.6. The molecule has 0 saturated carbocycles. The van der Waals surface area contributed by atoms with Crippen LogP contribution < -0.4 is 0 Å². The van der Waals surface area contributed by atoms with Crippen LogP contribution in [0.25, 0.3) is 0 Å². The van der Waals surface area contributed by atoms with Crippen molar-refractivity contribution >= 4 is 11.8 Å². The average molecular weight is 306 g/mol. The zero-order valence-electron chi connectivity index (χ0n) is 11.3. The van der Waals surface area contributed by atoms with Crippen molar-refractivity contribution in [3.63, 3.8) is 0 Å². The second-order valence-electron chi connectivity index (χ2n) is 4.69. The van der Waals surface area contributed by atoms with Crippen LogP contribution in [0.2, 0.25) is 0 Å². The number of hydrogen-bond donors (Lipinski definition) is 2. The molecule has 0 saturated heterocycles. The SMILES string of the molecule is O=C(O)c1ccc(CCC(=O)c2ccc(O)c(F)c2F)cc1. The molecule has 0 heterocycles. The van der Waals surface area contributed by atoms with Crippen molar-refractivity contribution in [1.29, 1.82) is 0 Å². The zero-order chi connectivity index (χ0) is 16.3. The lowest BCUT2D eigenvalue weighted by Gasteiger charge is -2.05. The Kier molecular flexibility index (Phi) is 4.50. The molecule has 6 heteroatoms. The number of carbonyl (C=O) groups is 2. The molecule has 0 bridgehead atoms. The molecular weight excluding hydrogens is 294 g/mol. The van der Waals surface area contributed by atoms with E-state index >= 15 is 0 Å². The summed E-state index contributed by atoms with van der Waals surface area (Å²) >= 11 is 0. The molecule has 0 aromatic heterocycles. The molecule has 0 aliphatic heterocycles.